The maximum atomic E-state index is 12.3. The molecule has 1 amide bonds. The first-order chi connectivity index (χ1) is 10.7. The summed E-state index contributed by atoms with van der Waals surface area (Å²) < 4.78 is 0.478. The predicted octanol–water partition coefficient (Wildman–Crippen LogP) is 4.51. The molecule has 1 aliphatic rings. The molecule has 1 saturated heterocycles. The number of benzene rings is 1. The molecule has 5 heteroatoms. The lowest BCUT2D eigenvalue weighted by atomic mass is 10.2. The van der Waals surface area contributed by atoms with Crippen molar-refractivity contribution in [1.29, 1.82) is 0 Å². The van der Waals surface area contributed by atoms with E-state index in [0.29, 0.717) is 10.1 Å². The molecule has 0 atom stereocenters. The van der Waals surface area contributed by atoms with Gasteiger partial charge in [0.1, 0.15) is 0 Å². The minimum absolute atomic E-state index is 0.117. The van der Waals surface area contributed by atoms with Crippen molar-refractivity contribution in [3.63, 3.8) is 0 Å². The van der Waals surface area contributed by atoms with Crippen LogP contribution < -0.4 is 5.32 Å². The smallest absolute Gasteiger partial charge is 0.257 e. The van der Waals surface area contributed by atoms with Crippen LogP contribution in [0.3, 0.4) is 0 Å². The average Bonchev–Trinajstić information content (AvgIpc) is 2.56. The Morgan fingerprint density at radius 1 is 1.23 bits per heavy atom. The molecule has 2 heterocycles. The lowest BCUT2D eigenvalue weighted by Gasteiger charge is -2.21. The van der Waals surface area contributed by atoms with Crippen molar-refractivity contribution in [3.05, 3.63) is 59.4 Å². The molecule has 1 aliphatic heterocycles. The first-order valence-electron chi connectivity index (χ1n) is 7.29. The SMILES string of the molecule is Cc1ccc(C(=O)Nc2cccc(C3SCCCS3)c2)cn1. The molecule has 0 unspecified atom stereocenters. The van der Waals surface area contributed by atoms with Crippen molar-refractivity contribution < 1.29 is 4.79 Å². The largest absolute Gasteiger partial charge is 0.322 e. The van der Waals surface area contributed by atoms with Gasteiger partial charge in [-0.05, 0) is 54.7 Å². The van der Waals surface area contributed by atoms with Crippen molar-refractivity contribution >= 4 is 35.1 Å². The molecule has 1 aromatic heterocycles. The summed E-state index contributed by atoms with van der Waals surface area (Å²) in [5.41, 5.74) is 3.60. The molecule has 2 aromatic rings. The van der Waals surface area contributed by atoms with Gasteiger partial charge in [0.05, 0.1) is 10.1 Å². The van der Waals surface area contributed by atoms with E-state index in [1.54, 1.807) is 12.3 Å². The van der Waals surface area contributed by atoms with E-state index < -0.39 is 0 Å². The Bertz CT molecular complexity index is 652. The van der Waals surface area contributed by atoms with Crippen LogP contribution >= 0.6 is 23.5 Å². The van der Waals surface area contributed by atoms with E-state index in [4.69, 9.17) is 0 Å². The summed E-state index contributed by atoms with van der Waals surface area (Å²) in [5, 5.41) is 2.96. The highest BCUT2D eigenvalue weighted by molar-refractivity contribution is 8.16. The fraction of sp³-hybridized carbons (Fsp3) is 0.294. The number of pyridine rings is 1. The van der Waals surface area contributed by atoms with E-state index in [0.717, 1.165) is 11.4 Å². The Kier molecular flexibility index (Phi) is 5.05. The van der Waals surface area contributed by atoms with E-state index in [1.807, 2.05) is 48.6 Å². The number of aryl methyl sites for hydroxylation is 1. The normalized spacial score (nSPS) is 15.5. The van der Waals surface area contributed by atoms with Crippen LogP contribution in [0.1, 0.15) is 32.6 Å². The second-order valence-corrected chi connectivity index (χ2v) is 7.92. The zero-order chi connectivity index (χ0) is 15.4. The summed E-state index contributed by atoms with van der Waals surface area (Å²) in [7, 11) is 0. The first-order valence-corrected chi connectivity index (χ1v) is 9.39. The number of carbonyl (C=O) groups excluding carboxylic acids is 1. The first kappa shape index (κ1) is 15.4. The maximum Gasteiger partial charge on any atom is 0.257 e. The molecule has 1 N–H and O–H groups in total. The van der Waals surface area contributed by atoms with Gasteiger partial charge in [0, 0.05) is 17.6 Å². The minimum atomic E-state index is -0.117. The van der Waals surface area contributed by atoms with Crippen LogP contribution in [0.5, 0.6) is 0 Å². The summed E-state index contributed by atoms with van der Waals surface area (Å²) in [6.45, 7) is 1.91. The summed E-state index contributed by atoms with van der Waals surface area (Å²) in [5.74, 6) is 2.31. The third kappa shape index (κ3) is 3.84. The Balaban J connectivity index is 1.72. The van der Waals surface area contributed by atoms with Gasteiger partial charge < -0.3 is 5.32 Å². The van der Waals surface area contributed by atoms with Gasteiger partial charge in [-0.15, -0.1) is 23.5 Å². The molecular weight excluding hydrogens is 312 g/mol. The van der Waals surface area contributed by atoms with Gasteiger partial charge in [0.2, 0.25) is 0 Å². The van der Waals surface area contributed by atoms with Crippen LogP contribution in [-0.2, 0) is 0 Å². The zero-order valence-electron chi connectivity index (χ0n) is 12.4. The third-order valence-corrected chi connectivity index (χ3v) is 6.43. The van der Waals surface area contributed by atoms with Gasteiger partial charge in [-0.2, -0.15) is 0 Å². The highest BCUT2D eigenvalue weighted by Gasteiger charge is 2.17. The lowest BCUT2D eigenvalue weighted by Crippen LogP contribution is -2.12. The molecule has 0 spiro atoms. The monoisotopic (exact) mass is 330 g/mol. The molecule has 1 aromatic carbocycles. The number of thioether (sulfide) groups is 2. The van der Waals surface area contributed by atoms with Crippen LogP contribution in [0.25, 0.3) is 0 Å². The molecule has 0 saturated carbocycles. The van der Waals surface area contributed by atoms with E-state index >= 15 is 0 Å². The van der Waals surface area contributed by atoms with Gasteiger partial charge in [-0.3, -0.25) is 9.78 Å². The Labute approximate surface area is 139 Å². The second kappa shape index (κ2) is 7.20. The number of nitrogens with zero attached hydrogens (tertiary/aromatic N) is 1. The fourth-order valence-corrected chi connectivity index (χ4v) is 5.12. The van der Waals surface area contributed by atoms with Crippen LogP contribution in [-0.4, -0.2) is 22.4 Å². The zero-order valence-corrected chi connectivity index (χ0v) is 14.0. The van der Waals surface area contributed by atoms with Crippen LogP contribution in [0, 0.1) is 6.92 Å². The number of amides is 1. The molecule has 0 bridgehead atoms. The van der Waals surface area contributed by atoms with E-state index in [2.05, 4.69) is 22.4 Å². The van der Waals surface area contributed by atoms with Crippen molar-refractivity contribution in [2.45, 2.75) is 17.9 Å². The fourth-order valence-electron chi connectivity index (χ4n) is 2.25. The number of aromatic nitrogens is 1. The number of anilines is 1. The number of hydrogen-bond donors (Lipinski definition) is 1. The van der Waals surface area contributed by atoms with Crippen LogP contribution in [0.4, 0.5) is 5.69 Å². The topological polar surface area (TPSA) is 42.0 Å². The Morgan fingerprint density at radius 3 is 2.77 bits per heavy atom. The molecular formula is C17H18N2OS2. The van der Waals surface area contributed by atoms with Crippen LogP contribution in [0.2, 0.25) is 0 Å². The average molecular weight is 330 g/mol. The lowest BCUT2D eigenvalue weighted by molar-refractivity contribution is 0.102. The van der Waals surface area contributed by atoms with Gasteiger partial charge in [0.15, 0.2) is 0 Å². The maximum absolute atomic E-state index is 12.3. The second-order valence-electron chi connectivity index (χ2n) is 5.19. The van der Waals surface area contributed by atoms with Crippen molar-refractivity contribution in [2.75, 3.05) is 16.8 Å². The van der Waals surface area contributed by atoms with E-state index in [-0.39, 0.29) is 5.91 Å². The molecule has 22 heavy (non-hydrogen) atoms. The highest BCUT2D eigenvalue weighted by atomic mass is 32.2. The molecule has 3 nitrogen and oxygen atoms in total. The van der Waals surface area contributed by atoms with Crippen molar-refractivity contribution in [1.82, 2.24) is 4.98 Å². The summed E-state index contributed by atoms with van der Waals surface area (Å²) in [6, 6.07) is 11.8. The summed E-state index contributed by atoms with van der Waals surface area (Å²) in [4.78, 5) is 16.4. The summed E-state index contributed by atoms with van der Waals surface area (Å²) in [6.07, 6.45) is 2.89. The quantitative estimate of drug-likeness (QED) is 0.899. The number of rotatable bonds is 3. The highest BCUT2D eigenvalue weighted by Crippen LogP contribution is 2.44. The van der Waals surface area contributed by atoms with Crippen molar-refractivity contribution in [2.24, 2.45) is 0 Å². The van der Waals surface area contributed by atoms with Crippen molar-refractivity contribution in [3.8, 4) is 0 Å². The summed E-state index contributed by atoms with van der Waals surface area (Å²) >= 11 is 3.96. The van der Waals surface area contributed by atoms with Gasteiger partial charge >= 0.3 is 0 Å². The number of carbonyl (C=O) groups is 1. The molecule has 0 radical (unpaired) electrons. The minimum Gasteiger partial charge on any atom is -0.322 e. The Hall–Kier alpha value is -1.46. The van der Waals surface area contributed by atoms with E-state index in [9.17, 15) is 4.79 Å². The predicted molar refractivity (Wildman–Crippen MR) is 95.6 cm³/mol. The third-order valence-electron chi connectivity index (χ3n) is 3.42. The Morgan fingerprint density at radius 2 is 2.05 bits per heavy atom. The molecule has 114 valence electrons. The molecule has 3 rings (SSSR count). The number of hydrogen-bond acceptors (Lipinski definition) is 4. The van der Waals surface area contributed by atoms with Gasteiger partial charge in [-0.25, -0.2) is 0 Å². The molecule has 0 aliphatic carbocycles. The van der Waals surface area contributed by atoms with Gasteiger partial charge in [0.25, 0.3) is 5.91 Å². The van der Waals surface area contributed by atoms with Gasteiger partial charge in [-0.1, -0.05) is 12.1 Å². The van der Waals surface area contributed by atoms with Crippen LogP contribution in [0.15, 0.2) is 42.6 Å². The number of nitrogens with one attached hydrogen (secondary N) is 1. The van der Waals surface area contributed by atoms with E-state index in [1.165, 1.54) is 23.5 Å². The standard InChI is InChI=1S/C17H18N2OS2/c1-12-6-7-14(11-18-12)16(20)19-15-5-2-4-13(10-15)17-21-8-3-9-22-17/h2,4-7,10-11,17H,3,8-9H2,1H3,(H,19,20). The molecule has 1 fully saturated rings.